The van der Waals surface area contributed by atoms with Gasteiger partial charge < -0.3 is 9.47 Å². The Kier molecular flexibility index (Phi) is 7.12. The van der Waals surface area contributed by atoms with E-state index in [0.717, 1.165) is 10.2 Å². The van der Waals surface area contributed by atoms with Crippen LogP contribution in [0.15, 0.2) is 0 Å². The van der Waals surface area contributed by atoms with Crippen molar-refractivity contribution in [2.75, 3.05) is 14.2 Å². The Labute approximate surface area is 117 Å². The first-order chi connectivity index (χ1) is 8.02. The molecule has 0 aromatic rings. The topological polar surface area (TPSA) is 18.5 Å². The van der Waals surface area contributed by atoms with E-state index in [-0.39, 0.29) is 6.29 Å². The highest BCUT2D eigenvalue weighted by atomic mass is 28.1. The summed E-state index contributed by atoms with van der Waals surface area (Å²) < 4.78 is 10.8. The van der Waals surface area contributed by atoms with Gasteiger partial charge in [-0.3, -0.25) is 0 Å². The third-order valence-electron chi connectivity index (χ3n) is 3.67. The predicted octanol–water partition coefficient (Wildman–Crippen LogP) is 3.25. The van der Waals surface area contributed by atoms with E-state index in [9.17, 15) is 0 Å². The van der Waals surface area contributed by atoms with E-state index in [1.807, 2.05) is 0 Å². The van der Waals surface area contributed by atoms with Crippen molar-refractivity contribution in [2.24, 2.45) is 16.7 Å². The lowest BCUT2D eigenvalue weighted by molar-refractivity contribution is -0.114. The summed E-state index contributed by atoms with van der Waals surface area (Å²) in [5, 5.41) is 0. The van der Waals surface area contributed by atoms with Gasteiger partial charge in [-0.15, -0.1) is 0 Å². The molecule has 0 amide bonds. The van der Waals surface area contributed by atoms with Crippen molar-refractivity contribution in [3.05, 3.63) is 0 Å². The van der Waals surface area contributed by atoms with Gasteiger partial charge in [0.2, 0.25) is 0 Å². The third kappa shape index (κ3) is 6.91. The first kappa shape index (κ1) is 18.1. The maximum atomic E-state index is 5.41. The van der Waals surface area contributed by atoms with Gasteiger partial charge in [-0.2, -0.15) is 0 Å². The third-order valence-corrected chi connectivity index (χ3v) is 5.36. The second kappa shape index (κ2) is 7.06. The van der Waals surface area contributed by atoms with E-state index in [0.29, 0.717) is 22.3 Å². The van der Waals surface area contributed by atoms with Crippen LogP contribution in [0.5, 0.6) is 0 Å². The molecule has 0 radical (unpaired) electrons. The molecular formula is C15H34O2Si. The minimum Gasteiger partial charge on any atom is -0.356 e. The zero-order chi connectivity index (χ0) is 14.6. The van der Waals surface area contributed by atoms with Crippen LogP contribution in [0.1, 0.15) is 54.4 Å². The van der Waals surface area contributed by atoms with Crippen LogP contribution >= 0.6 is 0 Å². The van der Waals surface area contributed by atoms with E-state index in [1.54, 1.807) is 14.2 Å². The van der Waals surface area contributed by atoms with Gasteiger partial charge in [-0.25, -0.2) is 0 Å². The zero-order valence-electron chi connectivity index (χ0n) is 14.0. The van der Waals surface area contributed by atoms with E-state index in [4.69, 9.17) is 9.47 Å². The summed E-state index contributed by atoms with van der Waals surface area (Å²) >= 11 is 0. The molecule has 0 spiro atoms. The van der Waals surface area contributed by atoms with Gasteiger partial charge in [-0.05, 0) is 35.1 Å². The van der Waals surface area contributed by atoms with Crippen LogP contribution in [0, 0.1) is 16.7 Å². The Morgan fingerprint density at radius 2 is 1.44 bits per heavy atom. The Balaban J connectivity index is 4.49. The van der Waals surface area contributed by atoms with Crippen LogP contribution in [-0.2, 0) is 9.47 Å². The quantitative estimate of drug-likeness (QED) is 0.524. The smallest absolute Gasteiger partial charge is 0.156 e. The summed E-state index contributed by atoms with van der Waals surface area (Å²) in [4.78, 5) is 0. The number of methoxy groups -OCH3 is 2. The molecule has 0 aromatic carbocycles. The molecular weight excluding hydrogens is 240 g/mol. The fourth-order valence-corrected chi connectivity index (χ4v) is 4.14. The van der Waals surface area contributed by atoms with Gasteiger partial charge in [0.15, 0.2) is 6.29 Å². The lowest BCUT2D eigenvalue weighted by atomic mass is 9.71. The Bertz CT molecular complexity index is 229. The predicted molar refractivity (Wildman–Crippen MR) is 83.1 cm³/mol. The summed E-state index contributed by atoms with van der Waals surface area (Å²) in [6.07, 6.45) is 2.46. The fraction of sp³-hybridized carbons (Fsp3) is 1.00. The van der Waals surface area contributed by atoms with E-state index in [1.165, 1.54) is 12.8 Å². The van der Waals surface area contributed by atoms with Gasteiger partial charge in [0.05, 0.1) is 0 Å². The van der Waals surface area contributed by atoms with E-state index >= 15 is 0 Å². The molecule has 0 rings (SSSR count). The largest absolute Gasteiger partial charge is 0.356 e. The minimum absolute atomic E-state index is 0.0305. The molecule has 0 saturated heterocycles. The van der Waals surface area contributed by atoms with Crippen LogP contribution in [0.2, 0.25) is 5.54 Å². The van der Waals surface area contributed by atoms with Crippen molar-refractivity contribution in [3.8, 4) is 0 Å². The van der Waals surface area contributed by atoms with Crippen molar-refractivity contribution in [1.82, 2.24) is 0 Å². The monoisotopic (exact) mass is 274 g/mol. The van der Waals surface area contributed by atoms with Crippen molar-refractivity contribution >= 4 is 10.2 Å². The van der Waals surface area contributed by atoms with Crippen molar-refractivity contribution < 1.29 is 9.47 Å². The molecule has 2 unspecified atom stereocenters. The van der Waals surface area contributed by atoms with Crippen molar-refractivity contribution in [1.29, 1.82) is 0 Å². The minimum atomic E-state index is -0.0305. The number of rotatable bonds is 7. The highest BCUT2D eigenvalue weighted by Gasteiger charge is 2.31. The number of ether oxygens (including phenoxy) is 2. The molecule has 0 bridgehead atoms. The summed E-state index contributed by atoms with van der Waals surface area (Å²) in [7, 11) is 4.59. The molecule has 2 atom stereocenters. The second-order valence-electron chi connectivity index (χ2n) is 7.78. The Morgan fingerprint density at radius 1 is 1.00 bits per heavy atom. The SMILES string of the molecule is COC(OC)C([SiH3])C(C)CC(C)(C)CC(C)(C)C. The average Bonchev–Trinajstić information content (AvgIpc) is 2.14. The first-order valence-corrected chi connectivity index (χ1v) is 8.23. The maximum Gasteiger partial charge on any atom is 0.156 e. The van der Waals surface area contributed by atoms with Gasteiger partial charge in [0, 0.05) is 24.5 Å². The van der Waals surface area contributed by atoms with Crippen LogP contribution < -0.4 is 0 Å². The normalized spacial score (nSPS) is 17.2. The molecule has 2 nitrogen and oxygen atoms in total. The molecule has 0 saturated carbocycles. The molecule has 0 heterocycles. The molecule has 0 aromatic heterocycles. The maximum absolute atomic E-state index is 5.41. The molecule has 0 aliphatic rings. The van der Waals surface area contributed by atoms with Gasteiger partial charge in [0.1, 0.15) is 0 Å². The van der Waals surface area contributed by atoms with Crippen molar-refractivity contribution in [2.45, 2.75) is 66.2 Å². The number of hydrogen-bond acceptors (Lipinski definition) is 2. The molecule has 110 valence electrons. The van der Waals surface area contributed by atoms with Crippen LogP contribution in [0.4, 0.5) is 0 Å². The van der Waals surface area contributed by atoms with Crippen LogP contribution in [0.25, 0.3) is 0 Å². The highest BCUT2D eigenvalue weighted by molar-refractivity contribution is 6.12. The molecule has 0 fully saturated rings. The van der Waals surface area contributed by atoms with E-state index in [2.05, 4.69) is 41.5 Å². The van der Waals surface area contributed by atoms with Gasteiger partial charge >= 0.3 is 0 Å². The molecule has 0 N–H and O–H groups in total. The van der Waals surface area contributed by atoms with Gasteiger partial charge in [-0.1, -0.05) is 41.5 Å². The average molecular weight is 275 g/mol. The Hall–Kier alpha value is 0.137. The lowest BCUT2D eigenvalue weighted by Gasteiger charge is -2.37. The number of hydrogen-bond donors (Lipinski definition) is 0. The van der Waals surface area contributed by atoms with Gasteiger partial charge in [0.25, 0.3) is 0 Å². The molecule has 0 aliphatic carbocycles. The summed E-state index contributed by atoms with van der Waals surface area (Å²) in [6, 6.07) is 0. The lowest BCUT2D eigenvalue weighted by Crippen LogP contribution is -2.30. The highest BCUT2D eigenvalue weighted by Crippen LogP contribution is 2.40. The van der Waals surface area contributed by atoms with E-state index < -0.39 is 0 Å². The molecule has 3 heteroatoms. The van der Waals surface area contributed by atoms with Crippen LogP contribution in [-0.4, -0.2) is 30.8 Å². The molecule has 18 heavy (non-hydrogen) atoms. The summed E-state index contributed by atoms with van der Waals surface area (Å²) in [5.41, 5.74) is 1.33. The van der Waals surface area contributed by atoms with Crippen LogP contribution in [0.3, 0.4) is 0 Å². The fourth-order valence-electron chi connectivity index (χ4n) is 3.36. The first-order valence-electron chi connectivity index (χ1n) is 7.08. The summed E-state index contributed by atoms with van der Waals surface area (Å²) in [6.45, 7) is 14.1. The second-order valence-corrected chi connectivity index (χ2v) is 9.12. The zero-order valence-corrected chi connectivity index (χ0v) is 16.0. The summed E-state index contributed by atoms with van der Waals surface area (Å²) in [5.74, 6) is 0.652. The molecule has 0 aliphatic heterocycles. The van der Waals surface area contributed by atoms with Crippen molar-refractivity contribution in [3.63, 3.8) is 0 Å². The standard InChI is InChI=1S/C15H34O2Si/c1-11(12(18)13(16-7)17-8)9-15(5,6)10-14(2,3)4/h11-13H,9-10H2,1-8,18H3. The Morgan fingerprint density at radius 3 is 1.78 bits per heavy atom.